The van der Waals surface area contributed by atoms with Gasteiger partial charge in [-0.25, -0.2) is 4.79 Å². The lowest BCUT2D eigenvalue weighted by atomic mass is 10.2. The van der Waals surface area contributed by atoms with Crippen LogP contribution in [0.4, 0.5) is 0 Å². The van der Waals surface area contributed by atoms with E-state index in [4.69, 9.17) is 6.48 Å². The highest BCUT2D eigenvalue weighted by Crippen LogP contribution is 1.99. The van der Waals surface area contributed by atoms with Crippen LogP contribution >= 0.6 is 11.8 Å². The second-order valence-electron chi connectivity index (χ2n) is 1.92. The molecule has 0 aromatic heterocycles. The maximum Gasteiger partial charge on any atom is 0.326 e. The third kappa shape index (κ3) is 4.66. The molecule has 5 heteroatoms. The van der Waals surface area contributed by atoms with Gasteiger partial charge in [0.05, 0.1) is 0 Å². The quantitative estimate of drug-likeness (QED) is 0.579. The summed E-state index contributed by atoms with van der Waals surface area (Å²) in [6, 6.07) is -0.928. The Hall–Kier alpha value is -0.710. The first-order chi connectivity index (χ1) is 5.57. The first kappa shape index (κ1) is 8.39. The third-order valence-corrected chi connectivity index (χ3v) is 1.79. The minimum Gasteiger partial charge on any atom is -0.480 e. The Morgan fingerprint density at radius 3 is 3.00 bits per heavy atom. The molecule has 2 N–H and O–H groups in total. The van der Waals surface area contributed by atoms with Gasteiger partial charge in [-0.05, 0) is 18.4 Å². The van der Waals surface area contributed by atoms with Crippen molar-refractivity contribution in [1.29, 1.82) is 0 Å². The van der Waals surface area contributed by atoms with Gasteiger partial charge in [-0.15, -0.1) is 0 Å². The van der Waals surface area contributed by atoms with Gasteiger partial charge in [0.25, 0.3) is 0 Å². The minimum atomic E-state index is -1.09. The molecule has 0 fully saturated rings. The summed E-state index contributed by atoms with van der Waals surface area (Å²) in [5.74, 6) is -0.443. The number of hydrogen-bond donors (Lipinski definition) is 2. The molecule has 0 bridgehead atoms. The number of carbonyl (C=O) groups is 2. The van der Waals surface area contributed by atoms with E-state index in [-0.39, 0.29) is 0 Å². The van der Waals surface area contributed by atoms with Crippen LogP contribution in [-0.2, 0) is 9.59 Å². The number of nitrogens with one attached hydrogen (secondary N) is 1. The summed E-state index contributed by atoms with van der Waals surface area (Å²) in [4.78, 5) is 20.6. The smallest absolute Gasteiger partial charge is 0.326 e. The first-order valence-electron chi connectivity index (χ1n) is 3.56. The molecule has 0 aliphatic heterocycles. The lowest BCUT2D eigenvalue weighted by Crippen LogP contribution is -2.36. The predicted molar refractivity (Wildman–Crippen MR) is 43.6 cm³/mol. The molecular formula is C6H11NO3S. The Kier molecular flexibility index (Phi) is 4.60. The topological polar surface area (TPSA) is 66.4 Å². The van der Waals surface area contributed by atoms with E-state index in [1.165, 1.54) is 11.8 Å². The van der Waals surface area contributed by atoms with Gasteiger partial charge in [-0.3, -0.25) is 4.79 Å². The molecule has 1 amide bonds. The molecule has 11 heavy (non-hydrogen) atoms. The SMILES string of the molecule is [2H]C(=O)N[C@@H](CCSC)C(=O)O. The Morgan fingerprint density at radius 1 is 2.00 bits per heavy atom. The van der Waals surface area contributed by atoms with Crippen LogP contribution in [-0.4, -0.2) is 35.5 Å². The standard InChI is InChI=1S/C6H11NO3S/c1-11-3-2-5(6(9)10)7-4-8/h4-5H,2-3H2,1H3,(H,7,8)(H,9,10)/t5-/m0/s1/i4D. The van der Waals surface area contributed by atoms with Crippen LogP contribution in [0.5, 0.6) is 0 Å². The summed E-state index contributed by atoms with van der Waals surface area (Å²) in [7, 11) is 0. The molecule has 0 saturated carbocycles. The fraction of sp³-hybridized carbons (Fsp3) is 0.667. The van der Waals surface area contributed by atoms with Crippen molar-refractivity contribution in [2.45, 2.75) is 12.5 Å². The fourth-order valence-corrected chi connectivity index (χ4v) is 1.04. The zero-order valence-electron chi connectivity index (χ0n) is 7.16. The highest BCUT2D eigenvalue weighted by molar-refractivity contribution is 7.98. The molecule has 0 heterocycles. The zero-order valence-corrected chi connectivity index (χ0v) is 6.98. The average Bonchev–Trinajstić information content (AvgIpc) is 1.96. The van der Waals surface area contributed by atoms with Crippen molar-refractivity contribution in [2.75, 3.05) is 12.0 Å². The van der Waals surface area contributed by atoms with Crippen molar-refractivity contribution < 1.29 is 16.1 Å². The van der Waals surface area contributed by atoms with Crippen LogP contribution in [0.1, 0.15) is 7.79 Å². The van der Waals surface area contributed by atoms with Crippen LogP contribution in [0.15, 0.2) is 0 Å². The predicted octanol–water partition coefficient (Wildman–Crippen LogP) is -0.0613. The van der Waals surface area contributed by atoms with E-state index in [2.05, 4.69) is 0 Å². The number of amides is 1. The van der Waals surface area contributed by atoms with Gasteiger partial charge >= 0.3 is 5.97 Å². The molecule has 0 aliphatic carbocycles. The first-order valence-corrected chi connectivity index (χ1v) is 4.46. The van der Waals surface area contributed by atoms with E-state index in [9.17, 15) is 9.59 Å². The number of carboxylic acid groups (broad SMARTS) is 1. The van der Waals surface area contributed by atoms with Gasteiger partial charge in [-0.1, -0.05) is 0 Å². The van der Waals surface area contributed by atoms with E-state index >= 15 is 0 Å². The largest absolute Gasteiger partial charge is 0.480 e. The van der Waals surface area contributed by atoms with Gasteiger partial charge in [0.15, 0.2) is 0 Å². The van der Waals surface area contributed by atoms with Crippen molar-refractivity contribution in [1.82, 2.24) is 5.32 Å². The number of hydrogen-bond acceptors (Lipinski definition) is 3. The molecule has 0 aromatic rings. The Labute approximate surface area is 70.8 Å². The molecule has 4 nitrogen and oxygen atoms in total. The van der Waals surface area contributed by atoms with E-state index in [0.29, 0.717) is 12.2 Å². The molecular weight excluding hydrogens is 166 g/mol. The highest BCUT2D eigenvalue weighted by Gasteiger charge is 2.14. The van der Waals surface area contributed by atoms with Gasteiger partial charge in [0.2, 0.25) is 6.39 Å². The Morgan fingerprint density at radius 2 is 2.64 bits per heavy atom. The van der Waals surface area contributed by atoms with Crippen molar-refractivity contribution in [3.63, 3.8) is 0 Å². The molecule has 0 unspecified atom stereocenters. The second kappa shape index (κ2) is 6.03. The normalized spacial score (nSPS) is 13.4. The van der Waals surface area contributed by atoms with Gasteiger partial charge in [0, 0.05) is 0 Å². The van der Waals surface area contributed by atoms with Crippen molar-refractivity contribution in [2.24, 2.45) is 0 Å². The molecule has 1 atom stereocenters. The Balaban J connectivity index is 3.87. The van der Waals surface area contributed by atoms with Gasteiger partial charge in [0.1, 0.15) is 7.41 Å². The molecule has 0 spiro atoms. The van der Waals surface area contributed by atoms with Crippen molar-refractivity contribution >= 4 is 24.1 Å². The van der Waals surface area contributed by atoms with Crippen LogP contribution in [0.2, 0.25) is 0 Å². The number of thioether (sulfide) groups is 1. The summed E-state index contributed by atoms with van der Waals surface area (Å²) in [5, 5.41) is 10.6. The van der Waals surface area contributed by atoms with Crippen LogP contribution in [0.3, 0.4) is 0 Å². The monoisotopic (exact) mass is 178 g/mol. The Bertz CT molecular complexity index is 176. The van der Waals surface area contributed by atoms with Gasteiger partial charge < -0.3 is 10.4 Å². The van der Waals surface area contributed by atoms with E-state index < -0.39 is 18.4 Å². The number of rotatable bonds is 5. The highest BCUT2D eigenvalue weighted by atomic mass is 32.2. The van der Waals surface area contributed by atoms with Crippen LogP contribution in [0, 0.1) is 0 Å². The summed E-state index contributed by atoms with van der Waals surface area (Å²) >= 11 is 1.50. The summed E-state index contributed by atoms with van der Waals surface area (Å²) < 4.78 is 6.52. The lowest BCUT2D eigenvalue weighted by molar-refractivity contribution is -0.140. The van der Waals surface area contributed by atoms with E-state index in [0.717, 1.165) is 0 Å². The molecule has 0 rings (SSSR count). The second-order valence-corrected chi connectivity index (χ2v) is 2.90. The molecule has 0 aliphatic rings. The number of aliphatic carboxylic acids is 1. The lowest BCUT2D eigenvalue weighted by Gasteiger charge is -2.08. The molecule has 0 aromatic carbocycles. The maximum atomic E-state index is 10.4. The fourth-order valence-electron chi connectivity index (χ4n) is 0.564. The van der Waals surface area contributed by atoms with Crippen molar-refractivity contribution in [3.05, 3.63) is 0 Å². The summed E-state index contributed by atoms with van der Waals surface area (Å²) in [5.41, 5.74) is 0. The van der Waals surface area contributed by atoms with Crippen LogP contribution < -0.4 is 5.32 Å². The van der Waals surface area contributed by atoms with Gasteiger partial charge in [-0.2, -0.15) is 11.8 Å². The number of carboxylic acids is 1. The zero-order chi connectivity index (χ0) is 9.56. The minimum absolute atomic E-state index is 0.348. The molecule has 64 valence electrons. The summed E-state index contributed by atoms with van der Waals surface area (Å²) in [6.45, 7) is 0. The molecule has 0 radical (unpaired) electrons. The van der Waals surface area contributed by atoms with E-state index in [1.807, 2.05) is 11.6 Å². The van der Waals surface area contributed by atoms with E-state index in [1.54, 1.807) is 0 Å². The molecule has 0 saturated heterocycles. The average molecular weight is 178 g/mol. The third-order valence-electron chi connectivity index (χ3n) is 1.14. The maximum absolute atomic E-state index is 10.4. The van der Waals surface area contributed by atoms with Crippen molar-refractivity contribution in [3.8, 4) is 0 Å². The van der Waals surface area contributed by atoms with Crippen LogP contribution in [0.25, 0.3) is 0 Å². The number of carbonyl (C=O) groups excluding carboxylic acids is 1. The summed E-state index contributed by atoms with van der Waals surface area (Å²) in [6.07, 6.45) is 1.14.